The summed E-state index contributed by atoms with van der Waals surface area (Å²) in [6.07, 6.45) is 2.23. The number of esters is 1. The fourth-order valence-electron chi connectivity index (χ4n) is 5.42. The number of fused-ring (bicyclic) bond motifs is 1. The number of ether oxygens (including phenoxy) is 1. The molecule has 0 amide bonds. The van der Waals surface area contributed by atoms with Crippen LogP contribution in [0.4, 0.5) is 3.89 Å². The van der Waals surface area contributed by atoms with Crippen molar-refractivity contribution in [2.45, 2.75) is 89.1 Å². The molecule has 0 heterocycles. The molecular formula is C28H37FO7SSi. The molecule has 1 aromatic rings. The van der Waals surface area contributed by atoms with Crippen LogP contribution in [0.5, 0.6) is 0 Å². The molecule has 1 spiro atoms. The molecule has 1 N–H and O–H groups in total. The van der Waals surface area contributed by atoms with Gasteiger partial charge in [-0.05, 0) is 76.0 Å². The SMILES string of the molecule is CC1=C2C(=C[C@@](C)(CO[Si](C)(C)C(C)(C)C)[C@@H]2OC(=O)c2ccc(S(=O)(=O)F)cc2)C(=O)C(C)(O)C12CC2. The van der Waals surface area contributed by atoms with Crippen LogP contribution in [0.1, 0.15) is 64.7 Å². The average molecular weight is 565 g/mol. The number of hydrogen-bond acceptors (Lipinski definition) is 7. The number of halogens is 1. The van der Waals surface area contributed by atoms with E-state index in [2.05, 4.69) is 33.9 Å². The summed E-state index contributed by atoms with van der Waals surface area (Å²) in [6.45, 7) is 16.1. The number of ketones is 1. The molecule has 7 nitrogen and oxygen atoms in total. The highest BCUT2D eigenvalue weighted by molar-refractivity contribution is 7.86. The smallest absolute Gasteiger partial charge is 0.338 e. The van der Waals surface area contributed by atoms with Crippen molar-refractivity contribution in [2.75, 3.05) is 6.61 Å². The molecule has 3 aliphatic carbocycles. The molecule has 38 heavy (non-hydrogen) atoms. The van der Waals surface area contributed by atoms with Gasteiger partial charge in [-0.3, -0.25) is 4.79 Å². The third-order valence-corrected chi connectivity index (χ3v) is 14.6. The van der Waals surface area contributed by atoms with Gasteiger partial charge < -0.3 is 14.3 Å². The van der Waals surface area contributed by atoms with Gasteiger partial charge in [-0.1, -0.05) is 32.4 Å². The number of carbonyl (C=O) groups is 2. The van der Waals surface area contributed by atoms with Crippen molar-refractivity contribution in [3.05, 3.63) is 52.6 Å². The maximum Gasteiger partial charge on any atom is 0.338 e. The molecule has 0 saturated heterocycles. The minimum Gasteiger partial charge on any atom is -0.453 e. The molecule has 4 rings (SSSR count). The van der Waals surface area contributed by atoms with Gasteiger partial charge in [-0.25, -0.2) is 4.79 Å². The molecule has 208 valence electrons. The van der Waals surface area contributed by atoms with Crippen molar-refractivity contribution in [2.24, 2.45) is 10.8 Å². The second-order valence-corrected chi connectivity index (χ2v) is 19.0. The third kappa shape index (κ3) is 4.43. The minimum atomic E-state index is -4.91. The maximum absolute atomic E-state index is 13.6. The predicted octanol–water partition coefficient (Wildman–Crippen LogP) is 5.27. The second kappa shape index (κ2) is 8.68. The highest BCUT2D eigenvalue weighted by Crippen LogP contribution is 2.66. The number of Topliss-reactive ketones (excluding diaryl/α,β-unsaturated/α-hetero) is 1. The second-order valence-electron chi connectivity index (χ2n) is 12.9. The highest BCUT2D eigenvalue weighted by atomic mass is 32.3. The summed E-state index contributed by atoms with van der Waals surface area (Å²) >= 11 is 0. The summed E-state index contributed by atoms with van der Waals surface area (Å²) in [7, 11) is -7.12. The zero-order valence-electron chi connectivity index (χ0n) is 23.3. The molecule has 0 aliphatic heterocycles. The molecule has 1 unspecified atom stereocenters. The first-order valence-electron chi connectivity index (χ1n) is 12.8. The summed E-state index contributed by atoms with van der Waals surface area (Å²) < 4.78 is 48.3. The molecule has 1 fully saturated rings. The van der Waals surface area contributed by atoms with Crippen molar-refractivity contribution in [1.82, 2.24) is 0 Å². The lowest BCUT2D eigenvalue weighted by atomic mass is 9.67. The van der Waals surface area contributed by atoms with E-state index >= 15 is 0 Å². The monoisotopic (exact) mass is 564 g/mol. The summed E-state index contributed by atoms with van der Waals surface area (Å²) in [5, 5.41) is 11.2. The van der Waals surface area contributed by atoms with Crippen molar-refractivity contribution in [3.8, 4) is 0 Å². The van der Waals surface area contributed by atoms with Crippen molar-refractivity contribution in [1.29, 1.82) is 0 Å². The fraction of sp³-hybridized carbons (Fsp3) is 0.571. The fourth-order valence-corrected chi connectivity index (χ4v) is 6.99. The van der Waals surface area contributed by atoms with Crippen LogP contribution in [-0.4, -0.2) is 51.9 Å². The van der Waals surface area contributed by atoms with Crippen molar-refractivity contribution < 1.29 is 36.2 Å². The Labute approximate surface area is 225 Å². The largest absolute Gasteiger partial charge is 0.453 e. The molecule has 1 aromatic carbocycles. The van der Waals surface area contributed by atoms with Gasteiger partial charge in [-0.2, -0.15) is 8.42 Å². The van der Waals surface area contributed by atoms with E-state index in [1.54, 1.807) is 13.0 Å². The highest BCUT2D eigenvalue weighted by Gasteiger charge is 2.67. The first-order chi connectivity index (χ1) is 17.2. The summed E-state index contributed by atoms with van der Waals surface area (Å²) in [6, 6.07) is 4.41. The normalized spacial score (nSPS) is 28.8. The molecular weight excluding hydrogens is 527 g/mol. The summed E-state index contributed by atoms with van der Waals surface area (Å²) in [5.74, 6) is -1.12. The van der Waals surface area contributed by atoms with Crippen LogP contribution in [0, 0.1) is 10.8 Å². The van der Waals surface area contributed by atoms with Crippen molar-refractivity contribution >= 4 is 30.3 Å². The van der Waals surface area contributed by atoms with Crippen LogP contribution < -0.4 is 0 Å². The number of aliphatic hydroxyl groups is 1. The Kier molecular flexibility index (Phi) is 6.59. The minimum absolute atomic E-state index is 0.0482. The number of carbonyl (C=O) groups excluding carboxylic acids is 2. The van der Waals surface area contributed by atoms with E-state index in [4.69, 9.17) is 9.16 Å². The van der Waals surface area contributed by atoms with E-state index in [0.29, 0.717) is 24.0 Å². The van der Waals surface area contributed by atoms with E-state index in [9.17, 15) is 27.0 Å². The Morgan fingerprint density at radius 1 is 1.16 bits per heavy atom. The lowest BCUT2D eigenvalue weighted by Gasteiger charge is -2.42. The Morgan fingerprint density at radius 3 is 2.18 bits per heavy atom. The van der Waals surface area contributed by atoms with E-state index in [-0.39, 0.29) is 23.0 Å². The molecule has 10 heteroatoms. The standard InChI is InChI=1S/C28H37FO7SSi/c1-17-21-20(22(30)27(6,32)28(17)13-14-28)15-26(5,16-35-38(7,8)25(2,3)4)23(21)36-24(31)18-9-11-19(12-10-18)37(29,33)34/h9-12,15,23,32H,13-14,16H2,1-8H3/t23-,26+,27?/m1/s1. The quantitative estimate of drug-likeness (QED) is 0.285. The van der Waals surface area contributed by atoms with Crippen LogP contribution >= 0.6 is 0 Å². The Hall–Kier alpha value is -2.14. The van der Waals surface area contributed by atoms with Crippen LogP contribution in [0.25, 0.3) is 0 Å². The van der Waals surface area contributed by atoms with Gasteiger partial charge >= 0.3 is 16.2 Å². The zero-order chi connectivity index (χ0) is 28.7. The average Bonchev–Trinajstić information content (AvgIpc) is 3.56. The lowest BCUT2D eigenvalue weighted by molar-refractivity contribution is -0.138. The predicted molar refractivity (Wildman–Crippen MR) is 143 cm³/mol. The Balaban J connectivity index is 1.76. The maximum atomic E-state index is 13.6. The van der Waals surface area contributed by atoms with Gasteiger partial charge in [-0.15, -0.1) is 3.89 Å². The van der Waals surface area contributed by atoms with Gasteiger partial charge in [0.25, 0.3) is 0 Å². The Morgan fingerprint density at radius 2 is 1.71 bits per heavy atom. The van der Waals surface area contributed by atoms with E-state index in [1.807, 2.05) is 13.8 Å². The van der Waals surface area contributed by atoms with Gasteiger partial charge in [0.1, 0.15) is 11.7 Å². The molecule has 1 saturated carbocycles. The summed E-state index contributed by atoms with van der Waals surface area (Å²) in [5.41, 5.74) is -1.30. The first-order valence-corrected chi connectivity index (χ1v) is 17.1. The van der Waals surface area contributed by atoms with Gasteiger partial charge in [0.15, 0.2) is 14.1 Å². The van der Waals surface area contributed by atoms with Crippen molar-refractivity contribution in [3.63, 3.8) is 0 Å². The summed E-state index contributed by atoms with van der Waals surface area (Å²) in [4.78, 5) is 26.3. The molecule has 3 aliphatic rings. The zero-order valence-corrected chi connectivity index (χ0v) is 25.1. The van der Waals surface area contributed by atoms with Crippen LogP contribution in [0.15, 0.2) is 52.0 Å². The first kappa shape index (κ1) is 28.9. The van der Waals surface area contributed by atoms with E-state index in [0.717, 1.165) is 17.7 Å². The van der Waals surface area contributed by atoms with Gasteiger partial charge in [0, 0.05) is 28.6 Å². The van der Waals surface area contributed by atoms with Crippen LogP contribution in [-0.2, 0) is 24.2 Å². The lowest BCUT2D eigenvalue weighted by Crippen LogP contribution is -2.50. The number of hydrogen-bond donors (Lipinski definition) is 1. The van der Waals surface area contributed by atoms with Gasteiger partial charge in [0.2, 0.25) is 0 Å². The molecule has 3 atom stereocenters. The van der Waals surface area contributed by atoms with Crippen LogP contribution in [0.3, 0.4) is 0 Å². The number of benzene rings is 1. The van der Waals surface area contributed by atoms with E-state index < -0.39 is 51.9 Å². The van der Waals surface area contributed by atoms with Crippen LogP contribution in [0.2, 0.25) is 18.1 Å². The van der Waals surface area contributed by atoms with E-state index in [1.165, 1.54) is 12.1 Å². The topological polar surface area (TPSA) is 107 Å². The Bertz CT molecular complexity index is 1360. The third-order valence-electron chi connectivity index (χ3n) is 9.26. The molecule has 0 aromatic heterocycles. The molecule has 0 bridgehead atoms. The number of rotatable bonds is 6. The van der Waals surface area contributed by atoms with Gasteiger partial charge in [0.05, 0.1) is 10.5 Å². The molecule has 0 radical (unpaired) electrons.